The molecule has 0 spiro atoms. The van der Waals surface area contributed by atoms with E-state index in [1.807, 2.05) is 6.92 Å². The van der Waals surface area contributed by atoms with Gasteiger partial charge in [-0.1, -0.05) is 32.1 Å². The van der Waals surface area contributed by atoms with Crippen LogP contribution in [-0.2, 0) is 4.79 Å². The van der Waals surface area contributed by atoms with Gasteiger partial charge in [0.15, 0.2) is 0 Å². The molecule has 1 aromatic rings. The summed E-state index contributed by atoms with van der Waals surface area (Å²) in [5.41, 5.74) is 1.23. The molecule has 110 valence electrons. The number of hydrogen-bond acceptors (Lipinski definition) is 3. The highest BCUT2D eigenvalue weighted by Gasteiger charge is 2.37. The highest BCUT2D eigenvalue weighted by atomic mass is 32.1. The molecule has 20 heavy (non-hydrogen) atoms. The summed E-state index contributed by atoms with van der Waals surface area (Å²) >= 11 is 1.70. The zero-order chi connectivity index (χ0) is 13.9. The van der Waals surface area contributed by atoms with Crippen molar-refractivity contribution in [3.63, 3.8) is 0 Å². The van der Waals surface area contributed by atoms with Gasteiger partial charge < -0.3 is 4.90 Å². The van der Waals surface area contributed by atoms with Crippen molar-refractivity contribution in [2.45, 2.75) is 57.7 Å². The molecule has 2 atom stereocenters. The second-order valence-electron chi connectivity index (χ2n) is 6.17. The lowest BCUT2D eigenvalue weighted by Gasteiger charge is -2.27. The number of amides is 1. The van der Waals surface area contributed by atoms with Crippen LogP contribution >= 0.6 is 11.3 Å². The minimum Gasteiger partial charge on any atom is -0.322 e. The molecular weight excluding hydrogens is 268 g/mol. The molecule has 1 saturated heterocycles. The van der Waals surface area contributed by atoms with Crippen molar-refractivity contribution in [3.05, 3.63) is 22.4 Å². The number of thiophene rings is 1. The molecule has 3 nitrogen and oxygen atoms in total. The van der Waals surface area contributed by atoms with Crippen molar-refractivity contribution in [1.29, 1.82) is 0 Å². The largest absolute Gasteiger partial charge is 0.322 e. The summed E-state index contributed by atoms with van der Waals surface area (Å²) in [5, 5.41) is 7.66. The van der Waals surface area contributed by atoms with Crippen molar-refractivity contribution < 1.29 is 4.79 Å². The number of carbonyl (C=O) groups is 1. The van der Waals surface area contributed by atoms with Gasteiger partial charge in [-0.05, 0) is 41.7 Å². The Morgan fingerprint density at radius 2 is 2.15 bits per heavy atom. The summed E-state index contributed by atoms with van der Waals surface area (Å²) in [5.74, 6) is 1.09. The van der Waals surface area contributed by atoms with Crippen molar-refractivity contribution in [2.24, 2.45) is 5.92 Å². The van der Waals surface area contributed by atoms with Gasteiger partial charge in [-0.25, -0.2) is 0 Å². The van der Waals surface area contributed by atoms with Crippen LogP contribution < -0.4 is 5.32 Å². The quantitative estimate of drug-likeness (QED) is 0.920. The summed E-state index contributed by atoms with van der Waals surface area (Å²) < 4.78 is 0. The minimum atomic E-state index is -0.0498. The van der Waals surface area contributed by atoms with Gasteiger partial charge in [-0.2, -0.15) is 11.3 Å². The standard InChI is InChI=1S/C16H24N2OS/c1-12-16(19)18(9-7-13-5-3-2-4-6-13)15(17-12)14-8-10-20-11-14/h8,10-13,15,17H,2-7,9H2,1H3. The predicted octanol–water partition coefficient (Wildman–Crippen LogP) is 3.54. The van der Waals surface area contributed by atoms with Crippen LogP contribution in [0.5, 0.6) is 0 Å². The third-order valence-electron chi connectivity index (χ3n) is 4.73. The fraction of sp³-hybridized carbons (Fsp3) is 0.688. The molecule has 1 aromatic heterocycles. The summed E-state index contributed by atoms with van der Waals surface area (Å²) in [6, 6.07) is 2.08. The highest BCUT2D eigenvalue weighted by Crippen LogP contribution is 2.30. The van der Waals surface area contributed by atoms with Gasteiger partial charge in [0.25, 0.3) is 0 Å². The lowest BCUT2D eigenvalue weighted by atomic mass is 9.87. The molecule has 2 fully saturated rings. The number of nitrogens with zero attached hydrogens (tertiary/aromatic N) is 1. The smallest absolute Gasteiger partial charge is 0.241 e. The molecule has 3 rings (SSSR count). The number of hydrogen-bond donors (Lipinski definition) is 1. The molecule has 0 aromatic carbocycles. The molecule has 0 radical (unpaired) electrons. The summed E-state index contributed by atoms with van der Waals surface area (Å²) in [4.78, 5) is 14.4. The van der Waals surface area contributed by atoms with Crippen LogP contribution in [0.2, 0.25) is 0 Å². The van der Waals surface area contributed by atoms with Gasteiger partial charge in [-0.15, -0.1) is 0 Å². The average molecular weight is 292 g/mol. The normalized spacial score (nSPS) is 28.2. The molecule has 1 saturated carbocycles. The van der Waals surface area contributed by atoms with Crippen LogP contribution in [0.25, 0.3) is 0 Å². The number of carbonyl (C=O) groups excluding carboxylic acids is 1. The van der Waals surface area contributed by atoms with Gasteiger partial charge in [0.1, 0.15) is 6.17 Å². The maximum atomic E-state index is 12.4. The lowest BCUT2D eigenvalue weighted by Crippen LogP contribution is -2.32. The zero-order valence-corrected chi connectivity index (χ0v) is 13.0. The van der Waals surface area contributed by atoms with Crippen molar-refractivity contribution in [3.8, 4) is 0 Å². The average Bonchev–Trinajstić information content (AvgIpc) is 3.08. The maximum Gasteiger partial charge on any atom is 0.241 e. The van der Waals surface area contributed by atoms with Crippen LogP contribution in [0, 0.1) is 5.92 Å². The van der Waals surface area contributed by atoms with Crippen molar-refractivity contribution in [1.82, 2.24) is 10.2 Å². The Bertz CT molecular complexity index is 439. The van der Waals surface area contributed by atoms with Gasteiger partial charge in [0, 0.05) is 6.54 Å². The first-order valence-electron chi connectivity index (χ1n) is 7.84. The topological polar surface area (TPSA) is 32.3 Å². The lowest BCUT2D eigenvalue weighted by molar-refractivity contribution is -0.130. The summed E-state index contributed by atoms with van der Waals surface area (Å²) in [6.45, 7) is 2.88. The summed E-state index contributed by atoms with van der Waals surface area (Å²) in [7, 11) is 0. The zero-order valence-electron chi connectivity index (χ0n) is 12.2. The molecule has 2 heterocycles. The van der Waals surface area contributed by atoms with Gasteiger partial charge in [-0.3, -0.25) is 10.1 Å². The predicted molar refractivity (Wildman–Crippen MR) is 82.6 cm³/mol. The van der Waals surface area contributed by atoms with Crippen LogP contribution in [0.4, 0.5) is 0 Å². The second kappa shape index (κ2) is 6.27. The van der Waals surface area contributed by atoms with Gasteiger partial charge in [0.05, 0.1) is 6.04 Å². The van der Waals surface area contributed by atoms with E-state index in [0.29, 0.717) is 0 Å². The van der Waals surface area contributed by atoms with Crippen LogP contribution in [0.15, 0.2) is 16.8 Å². The molecule has 1 aliphatic heterocycles. The molecule has 2 aliphatic rings. The summed E-state index contributed by atoms with van der Waals surface area (Å²) in [6.07, 6.45) is 8.12. The van der Waals surface area contributed by atoms with E-state index >= 15 is 0 Å². The van der Waals surface area contributed by atoms with E-state index in [-0.39, 0.29) is 18.1 Å². The van der Waals surface area contributed by atoms with E-state index < -0.39 is 0 Å². The number of nitrogens with one attached hydrogen (secondary N) is 1. The minimum absolute atomic E-state index is 0.0498. The molecule has 1 aliphatic carbocycles. The fourth-order valence-corrected chi connectivity index (χ4v) is 4.20. The van der Waals surface area contributed by atoms with Crippen molar-refractivity contribution >= 4 is 17.2 Å². The van der Waals surface area contributed by atoms with Crippen LogP contribution in [0.1, 0.15) is 57.2 Å². The molecular formula is C16H24N2OS. The molecule has 0 bridgehead atoms. The van der Waals surface area contributed by atoms with Gasteiger partial charge >= 0.3 is 0 Å². The Hall–Kier alpha value is -0.870. The highest BCUT2D eigenvalue weighted by molar-refractivity contribution is 7.07. The van der Waals surface area contributed by atoms with E-state index in [4.69, 9.17) is 0 Å². The van der Waals surface area contributed by atoms with Crippen LogP contribution in [-0.4, -0.2) is 23.4 Å². The second-order valence-corrected chi connectivity index (χ2v) is 6.95. The first kappa shape index (κ1) is 14.1. The Balaban J connectivity index is 1.63. The molecule has 4 heteroatoms. The third kappa shape index (κ3) is 2.91. The monoisotopic (exact) mass is 292 g/mol. The van der Waals surface area contributed by atoms with Crippen LogP contribution in [0.3, 0.4) is 0 Å². The SMILES string of the molecule is CC1NC(c2ccsc2)N(CCC2CCCCC2)C1=O. The Kier molecular flexibility index (Phi) is 4.41. The first-order chi connectivity index (χ1) is 9.75. The van der Waals surface area contributed by atoms with E-state index in [1.165, 1.54) is 44.1 Å². The molecule has 1 N–H and O–H groups in total. The first-order valence-corrected chi connectivity index (χ1v) is 8.78. The molecule has 2 unspecified atom stereocenters. The van der Waals surface area contributed by atoms with E-state index in [0.717, 1.165) is 12.5 Å². The van der Waals surface area contributed by atoms with E-state index in [9.17, 15) is 4.79 Å². The Labute approximate surface area is 125 Å². The maximum absolute atomic E-state index is 12.4. The Morgan fingerprint density at radius 3 is 2.85 bits per heavy atom. The third-order valence-corrected chi connectivity index (χ3v) is 5.44. The fourth-order valence-electron chi connectivity index (χ4n) is 3.52. The Morgan fingerprint density at radius 1 is 1.35 bits per heavy atom. The molecule has 1 amide bonds. The van der Waals surface area contributed by atoms with Gasteiger partial charge in [0.2, 0.25) is 5.91 Å². The van der Waals surface area contributed by atoms with E-state index in [2.05, 4.69) is 27.0 Å². The number of rotatable bonds is 4. The van der Waals surface area contributed by atoms with Crippen molar-refractivity contribution in [2.75, 3.05) is 6.54 Å². The van der Waals surface area contributed by atoms with E-state index in [1.54, 1.807) is 11.3 Å².